The van der Waals surface area contributed by atoms with Crippen LogP contribution < -0.4 is 0 Å². The number of aliphatic hydroxyl groups excluding tert-OH is 1. The topological polar surface area (TPSA) is 23.5 Å². The first-order chi connectivity index (χ1) is 6.19. The Morgan fingerprint density at radius 2 is 2.15 bits per heavy atom. The molecule has 3 atom stereocenters. The van der Waals surface area contributed by atoms with Crippen LogP contribution in [0.2, 0.25) is 0 Å². The fraction of sp³-hybridized carbons (Fsp3) is 1.00. The van der Waals surface area contributed by atoms with E-state index in [-0.39, 0.29) is 0 Å². The Morgan fingerprint density at radius 3 is 2.62 bits per heavy atom. The Hall–Kier alpha value is -0.0800. The second-order valence-electron chi connectivity index (χ2n) is 4.46. The zero-order valence-electron chi connectivity index (χ0n) is 9.16. The van der Waals surface area contributed by atoms with Crippen LogP contribution >= 0.6 is 0 Å². The fourth-order valence-corrected chi connectivity index (χ4v) is 2.08. The highest BCUT2D eigenvalue weighted by molar-refractivity contribution is 4.81. The SMILES string of the molecule is CCC(C)C(C)N1CCC(CO)C1. The highest BCUT2D eigenvalue weighted by atomic mass is 16.3. The number of nitrogens with zero attached hydrogens (tertiary/aromatic N) is 1. The van der Waals surface area contributed by atoms with E-state index < -0.39 is 0 Å². The van der Waals surface area contributed by atoms with Gasteiger partial charge in [0.15, 0.2) is 0 Å². The van der Waals surface area contributed by atoms with Gasteiger partial charge < -0.3 is 10.0 Å². The third-order valence-electron chi connectivity index (χ3n) is 3.62. The lowest BCUT2D eigenvalue weighted by atomic mass is 10.00. The van der Waals surface area contributed by atoms with E-state index in [1.165, 1.54) is 19.4 Å². The van der Waals surface area contributed by atoms with Gasteiger partial charge in [0.2, 0.25) is 0 Å². The van der Waals surface area contributed by atoms with Crippen LogP contribution in [0.4, 0.5) is 0 Å². The predicted octanol–water partition coefficient (Wildman–Crippen LogP) is 1.74. The fourth-order valence-electron chi connectivity index (χ4n) is 2.08. The summed E-state index contributed by atoms with van der Waals surface area (Å²) >= 11 is 0. The molecule has 1 aliphatic rings. The summed E-state index contributed by atoms with van der Waals surface area (Å²) in [4.78, 5) is 2.52. The lowest BCUT2D eigenvalue weighted by molar-refractivity contribution is 0.171. The van der Waals surface area contributed by atoms with E-state index in [0.717, 1.165) is 12.5 Å². The largest absolute Gasteiger partial charge is 0.396 e. The molecule has 1 N–H and O–H groups in total. The van der Waals surface area contributed by atoms with E-state index in [1.54, 1.807) is 0 Å². The number of rotatable bonds is 4. The Labute approximate surface area is 81.9 Å². The molecule has 1 saturated heterocycles. The lowest BCUT2D eigenvalue weighted by Crippen LogP contribution is -2.35. The Kier molecular flexibility index (Phi) is 4.20. The van der Waals surface area contributed by atoms with Crippen molar-refractivity contribution in [3.63, 3.8) is 0 Å². The molecule has 0 bridgehead atoms. The van der Waals surface area contributed by atoms with Crippen molar-refractivity contribution in [2.45, 2.75) is 39.7 Å². The summed E-state index contributed by atoms with van der Waals surface area (Å²) in [6.07, 6.45) is 2.43. The molecule has 0 saturated carbocycles. The summed E-state index contributed by atoms with van der Waals surface area (Å²) in [5.74, 6) is 1.31. The van der Waals surface area contributed by atoms with Gasteiger partial charge in [0, 0.05) is 19.2 Å². The van der Waals surface area contributed by atoms with E-state index in [9.17, 15) is 0 Å². The van der Waals surface area contributed by atoms with Crippen molar-refractivity contribution in [1.29, 1.82) is 0 Å². The molecule has 2 nitrogen and oxygen atoms in total. The molecule has 78 valence electrons. The molecule has 1 heterocycles. The van der Waals surface area contributed by atoms with Crippen LogP contribution in [0.5, 0.6) is 0 Å². The van der Waals surface area contributed by atoms with Gasteiger partial charge in [-0.25, -0.2) is 0 Å². The van der Waals surface area contributed by atoms with Crippen LogP contribution in [0, 0.1) is 11.8 Å². The minimum absolute atomic E-state index is 0.365. The number of hydrogen-bond acceptors (Lipinski definition) is 2. The van der Waals surface area contributed by atoms with Gasteiger partial charge in [-0.05, 0) is 31.7 Å². The molecule has 0 radical (unpaired) electrons. The molecule has 2 heteroatoms. The van der Waals surface area contributed by atoms with E-state index in [0.29, 0.717) is 18.6 Å². The van der Waals surface area contributed by atoms with Crippen molar-refractivity contribution in [3.8, 4) is 0 Å². The van der Waals surface area contributed by atoms with Crippen LogP contribution in [0.25, 0.3) is 0 Å². The first-order valence-electron chi connectivity index (χ1n) is 5.54. The summed E-state index contributed by atoms with van der Waals surface area (Å²) in [6, 6.07) is 0.682. The van der Waals surface area contributed by atoms with Crippen LogP contribution in [0.3, 0.4) is 0 Å². The summed E-state index contributed by atoms with van der Waals surface area (Å²) in [5, 5.41) is 9.03. The van der Waals surface area contributed by atoms with Gasteiger partial charge in [0.25, 0.3) is 0 Å². The first kappa shape index (κ1) is 11.0. The Morgan fingerprint density at radius 1 is 1.46 bits per heavy atom. The number of aliphatic hydroxyl groups is 1. The Bertz CT molecular complexity index is 149. The van der Waals surface area contributed by atoms with E-state index in [1.807, 2.05) is 0 Å². The highest BCUT2D eigenvalue weighted by Gasteiger charge is 2.27. The van der Waals surface area contributed by atoms with Gasteiger partial charge in [-0.3, -0.25) is 0 Å². The Balaban J connectivity index is 2.36. The van der Waals surface area contributed by atoms with Crippen molar-refractivity contribution in [1.82, 2.24) is 4.90 Å². The van der Waals surface area contributed by atoms with Crippen molar-refractivity contribution in [2.24, 2.45) is 11.8 Å². The predicted molar refractivity (Wildman–Crippen MR) is 55.7 cm³/mol. The molecule has 3 unspecified atom stereocenters. The maximum absolute atomic E-state index is 9.03. The summed E-state index contributed by atoms with van der Waals surface area (Å²) in [5.41, 5.74) is 0. The molecule has 0 spiro atoms. The average molecular weight is 185 g/mol. The molecule has 1 fully saturated rings. The molecule has 0 aromatic rings. The second kappa shape index (κ2) is 4.97. The van der Waals surface area contributed by atoms with Gasteiger partial charge in [-0.1, -0.05) is 20.3 Å². The van der Waals surface area contributed by atoms with Crippen molar-refractivity contribution < 1.29 is 5.11 Å². The molecular formula is C11H23NO. The number of hydrogen-bond donors (Lipinski definition) is 1. The summed E-state index contributed by atoms with van der Waals surface area (Å²) in [7, 11) is 0. The minimum Gasteiger partial charge on any atom is -0.396 e. The van der Waals surface area contributed by atoms with E-state index in [4.69, 9.17) is 5.11 Å². The van der Waals surface area contributed by atoms with Crippen molar-refractivity contribution >= 4 is 0 Å². The monoisotopic (exact) mass is 185 g/mol. The smallest absolute Gasteiger partial charge is 0.0471 e. The minimum atomic E-state index is 0.365. The molecule has 1 rings (SSSR count). The van der Waals surface area contributed by atoms with Crippen LogP contribution in [-0.4, -0.2) is 35.7 Å². The van der Waals surface area contributed by atoms with E-state index in [2.05, 4.69) is 25.7 Å². The maximum atomic E-state index is 9.03. The third-order valence-corrected chi connectivity index (χ3v) is 3.62. The maximum Gasteiger partial charge on any atom is 0.0471 e. The normalized spacial score (nSPS) is 29.1. The molecule has 0 aromatic carbocycles. The molecule has 0 aromatic heterocycles. The highest BCUT2D eigenvalue weighted by Crippen LogP contribution is 2.22. The standard InChI is InChI=1S/C11H23NO/c1-4-9(2)10(3)12-6-5-11(7-12)8-13/h9-11,13H,4-8H2,1-3H3. The van der Waals surface area contributed by atoms with Crippen LogP contribution in [-0.2, 0) is 0 Å². The quantitative estimate of drug-likeness (QED) is 0.721. The lowest BCUT2D eigenvalue weighted by Gasteiger charge is -2.29. The molecule has 13 heavy (non-hydrogen) atoms. The van der Waals surface area contributed by atoms with Crippen molar-refractivity contribution in [3.05, 3.63) is 0 Å². The van der Waals surface area contributed by atoms with Gasteiger partial charge in [0.05, 0.1) is 0 Å². The molecule has 1 aliphatic heterocycles. The third kappa shape index (κ3) is 2.68. The molecular weight excluding hydrogens is 162 g/mol. The average Bonchev–Trinajstić information content (AvgIpc) is 2.63. The van der Waals surface area contributed by atoms with E-state index >= 15 is 0 Å². The van der Waals surface area contributed by atoms with Crippen LogP contribution in [0.1, 0.15) is 33.6 Å². The molecule has 0 aliphatic carbocycles. The number of likely N-dealkylation sites (tertiary alicyclic amines) is 1. The van der Waals surface area contributed by atoms with Gasteiger partial charge in [-0.15, -0.1) is 0 Å². The zero-order valence-corrected chi connectivity index (χ0v) is 9.16. The zero-order chi connectivity index (χ0) is 9.84. The van der Waals surface area contributed by atoms with Crippen molar-refractivity contribution in [2.75, 3.05) is 19.7 Å². The van der Waals surface area contributed by atoms with Gasteiger partial charge >= 0.3 is 0 Å². The first-order valence-corrected chi connectivity index (χ1v) is 5.54. The van der Waals surface area contributed by atoms with Gasteiger partial charge in [0.1, 0.15) is 0 Å². The second-order valence-corrected chi connectivity index (χ2v) is 4.46. The van der Waals surface area contributed by atoms with Crippen LogP contribution in [0.15, 0.2) is 0 Å². The molecule has 0 amide bonds. The van der Waals surface area contributed by atoms with Gasteiger partial charge in [-0.2, -0.15) is 0 Å². The summed E-state index contributed by atoms with van der Waals surface area (Å²) in [6.45, 7) is 9.52. The summed E-state index contributed by atoms with van der Waals surface area (Å²) < 4.78 is 0.